The van der Waals surface area contributed by atoms with E-state index in [1.54, 1.807) is 6.07 Å². The molecule has 0 radical (unpaired) electrons. The lowest BCUT2D eigenvalue weighted by Crippen LogP contribution is -2.40. The average molecular weight is 343 g/mol. The largest absolute Gasteiger partial charge is 0.314 e. The number of hydrogen-bond acceptors (Lipinski definition) is 3. The summed E-state index contributed by atoms with van der Waals surface area (Å²) in [6, 6.07) is 5.63. The summed E-state index contributed by atoms with van der Waals surface area (Å²) < 4.78 is 0.743. The smallest absolute Gasteiger partial charge is 0.273 e. The van der Waals surface area contributed by atoms with Gasteiger partial charge in [-0.25, -0.2) is 0 Å². The fourth-order valence-corrected chi connectivity index (χ4v) is 2.65. The highest BCUT2D eigenvalue weighted by Crippen LogP contribution is 2.28. The van der Waals surface area contributed by atoms with Crippen LogP contribution in [0, 0.1) is 15.5 Å². The predicted octanol–water partition coefficient (Wildman–Crippen LogP) is 4.31. The van der Waals surface area contributed by atoms with E-state index in [1.165, 1.54) is 0 Å². The first-order valence-electron chi connectivity index (χ1n) is 6.92. The minimum absolute atomic E-state index is 0.139. The number of rotatable bonds is 6. The summed E-state index contributed by atoms with van der Waals surface area (Å²) >= 11 is 3.28. The molecule has 4 nitrogen and oxygen atoms in total. The molecule has 1 unspecified atom stereocenters. The van der Waals surface area contributed by atoms with Crippen molar-refractivity contribution < 1.29 is 4.92 Å². The summed E-state index contributed by atoms with van der Waals surface area (Å²) in [5, 5.41) is 14.6. The fourth-order valence-electron chi connectivity index (χ4n) is 2.31. The Bertz CT molecular complexity index is 469. The molecule has 0 heterocycles. The van der Waals surface area contributed by atoms with Gasteiger partial charge in [0.15, 0.2) is 0 Å². The molecule has 0 aromatic heterocycles. The van der Waals surface area contributed by atoms with Crippen LogP contribution in [0.3, 0.4) is 0 Å². The van der Waals surface area contributed by atoms with Gasteiger partial charge in [-0.2, -0.15) is 0 Å². The van der Waals surface area contributed by atoms with Crippen LogP contribution in [0.1, 0.15) is 39.7 Å². The lowest BCUT2D eigenvalue weighted by molar-refractivity contribution is -0.385. The zero-order chi connectivity index (χ0) is 15.3. The number of nitrogens with zero attached hydrogens (tertiary/aromatic N) is 1. The van der Waals surface area contributed by atoms with E-state index in [9.17, 15) is 10.1 Å². The van der Waals surface area contributed by atoms with Gasteiger partial charge < -0.3 is 5.32 Å². The highest BCUT2D eigenvalue weighted by atomic mass is 79.9. The van der Waals surface area contributed by atoms with E-state index >= 15 is 0 Å². The van der Waals surface area contributed by atoms with Gasteiger partial charge in [-0.05, 0) is 30.9 Å². The molecular weight excluding hydrogens is 320 g/mol. The highest BCUT2D eigenvalue weighted by Gasteiger charge is 2.24. The molecule has 0 aliphatic rings. The fraction of sp³-hybridized carbons (Fsp3) is 0.600. The maximum atomic E-state index is 11.1. The van der Waals surface area contributed by atoms with Gasteiger partial charge in [0.25, 0.3) is 5.69 Å². The predicted molar refractivity (Wildman–Crippen MR) is 86.0 cm³/mol. The van der Waals surface area contributed by atoms with Crippen molar-refractivity contribution in [2.75, 3.05) is 6.54 Å². The molecule has 1 rings (SSSR count). The first kappa shape index (κ1) is 17.1. The molecule has 0 fully saturated rings. The number of benzene rings is 1. The third-order valence-corrected chi connectivity index (χ3v) is 3.94. The molecule has 1 N–H and O–H groups in total. The van der Waals surface area contributed by atoms with E-state index < -0.39 is 0 Å². The molecule has 20 heavy (non-hydrogen) atoms. The standard InChI is InChI=1S/C15H23BrN2O2/c1-5-17-14(15(2,3)4)9-7-11-6-8-12(16)10-13(11)18(19)20/h6,8,10,14,17H,5,7,9H2,1-4H3. The molecule has 1 aromatic carbocycles. The molecular formula is C15H23BrN2O2. The molecule has 0 aliphatic carbocycles. The van der Waals surface area contributed by atoms with Crippen LogP contribution in [0.4, 0.5) is 5.69 Å². The van der Waals surface area contributed by atoms with Gasteiger partial charge in [0.2, 0.25) is 0 Å². The van der Waals surface area contributed by atoms with E-state index in [2.05, 4.69) is 48.9 Å². The Morgan fingerprint density at radius 1 is 1.40 bits per heavy atom. The van der Waals surface area contributed by atoms with E-state index in [0.717, 1.165) is 23.0 Å². The Morgan fingerprint density at radius 3 is 2.55 bits per heavy atom. The van der Waals surface area contributed by atoms with Crippen molar-refractivity contribution in [3.63, 3.8) is 0 Å². The van der Waals surface area contributed by atoms with Crippen molar-refractivity contribution in [3.8, 4) is 0 Å². The third kappa shape index (κ3) is 4.87. The van der Waals surface area contributed by atoms with Crippen LogP contribution in [0.2, 0.25) is 0 Å². The van der Waals surface area contributed by atoms with Crippen LogP contribution in [0.15, 0.2) is 22.7 Å². The lowest BCUT2D eigenvalue weighted by atomic mass is 9.83. The maximum Gasteiger partial charge on any atom is 0.273 e. The second kappa shape index (κ2) is 7.18. The number of nitrogens with one attached hydrogen (secondary N) is 1. The number of hydrogen-bond donors (Lipinski definition) is 1. The van der Waals surface area contributed by atoms with Crippen LogP contribution < -0.4 is 5.32 Å². The van der Waals surface area contributed by atoms with Crippen molar-refractivity contribution in [2.24, 2.45) is 5.41 Å². The summed E-state index contributed by atoms with van der Waals surface area (Å²) in [5.74, 6) is 0. The van der Waals surface area contributed by atoms with Crippen LogP contribution in [-0.2, 0) is 6.42 Å². The van der Waals surface area contributed by atoms with Crippen LogP contribution in [-0.4, -0.2) is 17.5 Å². The van der Waals surface area contributed by atoms with E-state index in [0.29, 0.717) is 12.5 Å². The van der Waals surface area contributed by atoms with E-state index in [4.69, 9.17) is 0 Å². The molecule has 0 saturated carbocycles. The summed E-state index contributed by atoms with van der Waals surface area (Å²) in [4.78, 5) is 10.8. The molecule has 1 aromatic rings. The topological polar surface area (TPSA) is 55.2 Å². The van der Waals surface area contributed by atoms with Gasteiger partial charge in [-0.3, -0.25) is 10.1 Å². The quantitative estimate of drug-likeness (QED) is 0.618. The molecule has 0 spiro atoms. The van der Waals surface area contributed by atoms with Gasteiger partial charge in [0, 0.05) is 22.1 Å². The lowest BCUT2D eigenvalue weighted by Gasteiger charge is -2.31. The molecule has 112 valence electrons. The Labute approximate surface area is 129 Å². The maximum absolute atomic E-state index is 11.1. The number of aryl methyl sites for hydroxylation is 1. The van der Waals surface area contributed by atoms with Gasteiger partial charge in [-0.15, -0.1) is 0 Å². The zero-order valence-electron chi connectivity index (χ0n) is 12.6. The monoisotopic (exact) mass is 342 g/mol. The second-order valence-electron chi connectivity index (χ2n) is 6.05. The minimum atomic E-state index is -0.306. The number of nitro benzene ring substituents is 1. The Hall–Kier alpha value is -0.940. The number of nitro groups is 1. The van der Waals surface area contributed by atoms with Crippen molar-refractivity contribution in [1.82, 2.24) is 5.32 Å². The molecule has 0 amide bonds. The molecule has 5 heteroatoms. The third-order valence-electron chi connectivity index (χ3n) is 3.44. The van der Waals surface area contributed by atoms with Crippen LogP contribution in [0.5, 0.6) is 0 Å². The van der Waals surface area contributed by atoms with E-state index in [-0.39, 0.29) is 16.0 Å². The van der Waals surface area contributed by atoms with Gasteiger partial charge in [0.1, 0.15) is 0 Å². The van der Waals surface area contributed by atoms with Crippen molar-refractivity contribution >= 4 is 21.6 Å². The van der Waals surface area contributed by atoms with Gasteiger partial charge in [-0.1, -0.05) is 49.7 Å². The summed E-state index contributed by atoms with van der Waals surface area (Å²) in [5.41, 5.74) is 1.13. The van der Waals surface area contributed by atoms with Gasteiger partial charge >= 0.3 is 0 Å². The Morgan fingerprint density at radius 2 is 2.05 bits per heavy atom. The second-order valence-corrected chi connectivity index (χ2v) is 6.96. The Kier molecular flexibility index (Phi) is 6.14. The highest BCUT2D eigenvalue weighted by molar-refractivity contribution is 9.10. The molecule has 0 aliphatic heterocycles. The molecule has 0 saturated heterocycles. The zero-order valence-corrected chi connectivity index (χ0v) is 14.2. The average Bonchev–Trinajstić information content (AvgIpc) is 2.34. The van der Waals surface area contributed by atoms with Crippen molar-refractivity contribution in [2.45, 2.75) is 46.6 Å². The number of halogens is 1. The summed E-state index contributed by atoms with van der Waals surface area (Å²) in [6.07, 6.45) is 1.60. The normalized spacial score (nSPS) is 13.2. The molecule has 1 atom stereocenters. The van der Waals surface area contributed by atoms with Crippen molar-refractivity contribution in [3.05, 3.63) is 38.3 Å². The van der Waals surface area contributed by atoms with Gasteiger partial charge in [0.05, 0.1) is 4.92 Å². The first-order valence-corrected chi connectivity index (χ1v) is 7.71. The molecule has 0 bridgehead atoms. The minimum Gasteiger partial charge on any atom is -0.314 e. The SMILES string of the molecule is CCNC(CCc1ccc(Br)cc1[N+](=O)[O-])C(C)(C)C. The summed E-state index contributed by atoms with van der Waals surface area (Å²) in [7, 11) is 0. The Balaban J connectivity index is 2.85. The van der Waals surface area contributed by atoms with Crippen LogP contribution >= 0.6 is 15.9 Å². The summed E-state index contributed by atoms with van der Waals surface area (Å²) in [6.45, 7) is 9.56. The van der Waals surface area contributed by atoms with E-state index in [1.807, 2.05) is 12.1 Å². The van der Waals surface area contributed by atoms with Crippen molar-refractivity contribution in [1.29, 1.82) is 0 Å². The first-order chi connectivity index (χ1) is 9.25. The van der Waals surface area contributed by atoms with Crippen LogP contribution in [0.25, 0.3) is 0 Å².